The van der Waals surface area contributed by atoms with Gasteiger partial charge in [-0.3, -0.25) is 9.88 Å². The zero-order chi connectivity index (χ0) is 35.6. The zero-order valence-corrected chi connectivity index (χ0v) is 31.4. The van der Waals surface area contributed by atoms with Crippen LogP contribution in [0.2, 0.25) is 5.02 Å². The summed E-state index contributed by atoms with van der Waals surface area (Å²) in [4.78, 5) is 22.5. The quantitative estimate of drug-likeness (QED) is 0.196. The minimum absolute atomic E-state index is 0.125. The van der Waals surface area contributed by atoms with E-state index < -0.39 is 11.5 Å². The summed E-state index contributed by atoms with van der Waals surface area (Å²) >= 11 is 6.30. The fraction of sp³-hybridized carbons (Fsp3) is 0.571. The first kappa shape index (κ1) is 36.0. The second-order valence-electron chi connectivity index (χ2n) is 16.0. The first-order valence-electron chi connectivity index (χ1n) is 19.2. The largest absolute Gasteiger partial charge is 0.493 e. The number of ether oxygens (including phenoxy) is 2. The Morgan fingerprint density at radius 1 is 1.08 bits per heavy atom. The van der Waals surface area contributed by atoms with Gasteiger partial charge in [0, 0.05) is 60.9 Å². The highest BCUT2D eigenvalue weighted by molar-refractivity contribution is 6.30. The molecule has 2 fully saturated rings. The number of aliphatic carboxylic acids is 1. The fourth-order valence-electron chi connectivity index (χ4n) is 9.53. The van der Waals surface area contributed by atoms with Crippen molar-refractivity contribution < 1.29 is 19.4 Å². The molecule has 1 spiro atoms. The second-order valence-corrected chi connectivity index (χ2v) is 16.4. The maximum atomic E-state index is 13.0. The SMILES string of the molecule is C[C@@H](COc1ccnc2c1[C@@H](C)CCC2)CC1Cc2ccc(OCCN3CCN(C)CC3)cc2C12CCC(Nc1cccc(Cl)c1)(C(=O)O)CC2. The van der Waals surface area contributed by atoms with E-state index in [-0.39, 0.29) is 5.41 Å². The van der Waals surface area contributed by atoms with E-state index in [9.17, 15) is 9.90 Å². The summed E-state index contributed by atoms with van der Waals surface area (Å²) in [5.74, 6) is 2.30. The van der Waals surface area contributed by atoms with Crippen LogP contribution in [0.4, 0.5) is 5.69 Å². The van der Waals surface area contributed by atoms with Gasteiger partial charge in [0.2, 0.25) is 0 Å². The molecule has 3 aliphatic carbocycles. The number of nitrogens with zero attached hydrogens (tertiary/aromatic N) is 3. The lowest BCUT2D eigenvalue weighted by Gasteiger charge is -2.47. The van der Waals surface area contributed by atoms with Crippen LogP contribution in [-0.2, 0) is 23.1 Å². The summed E-state index contributed by atoms with van der Waals surface area (Å²) < 4.78 is 13.0. The number of hydrogen-bond acceptors (Lipinski definition) is 7. The summed E-state index contributed by atoms with van der Waals surface area (Å²) in [5.41, 5.74) is 4.80. The maximum Gasteiger partial charge on any atom is 0.329 e. The number of likely N-dealkylation sites (N-methyl/N-ethyl adjacent to an activating group) is 1. The number of carboxylic acids is 1. The predicted molar refractivity (Wildman–Crippen MR) is 204 cm³/mol. The van der Waals surface area contributed by atoms with Crippen molar-refractivity contribution in [3.63, 3.8) is 0 Å². The van der Waals surface area contributed by atoms with Gasteiger partial charge < -0.3 is 24.8 Å². The van der Waals surface area contributed by atoms with Crippen LogP contribution in [0.5, 0.6) is 11.5 Å². The van der Waals surface area contributed by atoms with Gasteiger partial charge in [-0.25, -0.2) is 4.79 Å². The van der Waals surface area contributed by atoms with Crippen molar-refractivity contribution in [1.82, 2.24) is 14.8 Å². The lowest BCUT2D eigenvalue weighted by molar-refractivity contribution is -0.144. The minimum Gasteiger partial charge on any atom is -0.493 e. The minimum atomic E-state index is -1.05. The number of pyridine rings is 1. The Hall–Kier alpha value is -3.33. The summed E-state index contributed by atoms with van der Waals surface area (Å²) in [6.07, 6.45) is 9.95. The van der Waals surface area contributed by atoms with Crippen molar-refractivity contribution in [2.45, 2.75) is 88.5 Å². The zero-order valence-electron chi connectivity index (χ0n) is 30.6. The molecular weight excluding hydrogens is 660 g/mol. The Labute approximate surface area is 308 Å². The van der Waals surface area contributed by atoms with Crippen LogP contribution in [0.25, 0.3) is 0 Å². The average Bonchev–Trinajstić information content (AvgIpc) is 3.40. The van der Waals surface area contributed by atoms with Crippen molar-refractivity contribution in [3.05, 3.63) is 82.1 Å². The van der Waals surface area contributed by atoms with Gasteiger partial charge in [0.15, 0.2) is 0 Å². The molecule has 8 nitrogen and oxygen atoms in total. The van der Waals surface area contributed by atoms with E-state index in [0.717, 1.165) is 82.0 Å². The Morgan fingerprint density at radius 2 is 1.88 bits per heavy atom. The van der Waals surface area contributed by atoms with Crippen molar-refractivity contribution in [1.29, 1.82) is 0 Å². The van der Waals surface area contributed by atoms with Crippen LogP contribution in [-0.4, -0.2) is 84.4 Å². The number of nitrogens with one attached hydrogen (secondary N) is 1. The molecule has 2 aromatic carbocycles. The first-order chi connectivity index (χ1) is 24.6. The van der Waals surface area contributed by atoms with Crippen LogP contribution in [0.15, 0.2) is 54.7 Å². The number of hydrogen-bond donors (Lipinski definition) is 2. The maximum absolute atomic E-state index is 13.0. The van der Waals surface area contributed by atoms with E-state index in [2.05, 4.69) is 59.2 Å². The van der Waals surface area contributed by atoms with Crippen LogP contribution in [0, 0.1) is 11.8 Å². The van der Waals surface area contributed by atoms with Crippen molar-refractivity contribution in [3.8, 4) is 11.5 Å². The topological polar surface area (TPSA) is 87.2 Å². The molecule has 0 amide bonds. The molecule has 1 unspecified atom stereocenters. The molecular formula is C42H55ClN4O4. The molecule has 1 aromatic heterocycles. The third kappa shape index (κ3) is 7.74. The Balaban J connectivity index is 1.09. The number of halogens is 1. The molecule has 7 rings (SSSR count). The number of carbonyl (C=O) groups is 1. The average molecular weight is 715 g/mol. The third-order valence-electron chi connectivity index (χ3n) is 12.5. The molecule has 1 saturated heterocycles. The number of aryl methyl sites for hydroxylation is 1. The van der Waals surface area contributed by atoms with Crippen molar-refractivity contribution >= 4 is 23.3 Å². The molecule has 3 aromatic rings. The molecule has 1 aliphatic heterocycles. The number of piperazine rings is 1. The number of rotatable bonds is 12. The fourth-order valence-corrected chi connectivity index (χ4v) is 9.72. The van der Waals surface area contributed by atoms with Gasteiger partial charge in [0.05, 0.1) is 6.61 Å². The van der Waals surface area contributed by atoms with Gasteiger partial charge in [-0.2, -0.15) is 0 Å². The second kappa shape index (κ2) is 15.3. The van der Waals surface area contributed by atoms with Crippen LogP contribution < -0.4 is 14.8 Å². The summed E-state index contributed by atoms with van der Waals surface area (Å²) in [5, 5.41) is 14.7. The standard InChI is InChI=1S/C42H55ClN4O4/c1-29(28-51-38-12-17-44-37-9-4-6-30(2)39(37)38)24-32-25-31-10-11-35(50-23-22-47-20-18-46(3)19-21-47)27-36(31)41(32)13-15-42(16-14-41,40(48)49)45-34-8-5-7-33(43)26-34/h5,7-8,10-12,17,26-27,29-30,32,45H,4,6,9,13-16,18-25,28H2,1-3H3,(H,48,49)/t29-,30+,32?,41?,42?/m1/s1. The Kier molecular flexibility index (Phi) is 10.8. The van der Waals surface area contributed by atoms with Crippen LogP contribution in [0.3, 0.4) is 0 Å². The van der Waals surface area contributed by atoms with Crippen molar-refractivity contribution in [2.75, 3.05) is 58.3 Å². The Bertz CT molecular complexity index is 1680. The molecule has 51 heavy (non-hydrogen) atoms. The first-order valence-corrected chi connectivity index (χ1v) is 19.6. The van der Waals surface area contributed by atoms with Gasteiger partial charge in [0.1, 0.15) is 23.6 Å². The molecule has 274 valence electrons. The van der Waals surface area contributed by atoms with Crippen molar-refractivity contribution in [2.24, 2.45) is 11.8 Å². The highest BCUT2D eigenvalue weighted by Crippen LogP contribution is 2.56. The highest BCUT2D eigenvalue weighted by atomic mass is 35.5. The summed E-state index contributed by atoms with van der Waals surface area (Å²) in [7, 11) is 2.18. The van der Waals surface area contributed by atoms with E-state index in [1.807, 2.05) is 36.5 Å². The number of fused-ring (bicyclic) bond motifs is 3. The number of anilines is 1. The third-order valence-corrected chi connectivity index (χ3v) is 12.8. The number of carboxylic acid groups (broad SMARTS) is 1. The predicted octanol–water partition coefficient (Wildman–Crippen LogP) is 7.83. The highest BCUT2D eigenvalue weighted by Gasteiger charge is 2.54. The van der Waals surface area contributed by atoms with Crippen LogP contribution in [0.1, 0.15) is 87.1 Å². The number of aromatic nitrogens is 1. The van der Waals surface area contributed by atoms with Gasteiger partial charge in [0.25, 0.3) is 0 Å². The van der Waals surface area contributed by atoms with E-state index >= 15 is 0 Å². The van der Waals surface area contributed by atoms with E-state index in [0.29, 0.717) is 48.8 Å². The molecule has 0 bridgehead atoms. The molecule has 3 atom stereocenters. The molecule has 4 aliphatic rings. The van der Waals surface area contributed by atoms with Gasteiger partial charge >= 0.3 is 5.97 Å². The normalized spacial score (nSPS) is 27.1. The van der Waals surface area contributed by atoms with Gasteiger partial charge in [-0.15, -0.1) is 0 Å². The lowest BCUT2D eigenvalue weighted by Crippen LogP contribution is -2.53. The Morgan fingerprint density at radius 3 is 2.65 bits per heavy atom. The monoisotopic (exact) mass is 714 g/mol. The van der Waals surface area contributed by atoms with E-state index in [1.54, 1.807) is 0 Å². The van der Waals surface area contributed by atoms with E-state index in [4.69, 9.17) is 21.1 Å². The molecule has 0 radical (unpaired) electrons. The van der Waals surface area contributed by atoms with E-state index in [1.165, 1.54) is 35.2 Å². The smallest absolute Gasteiger partial charge is 0.329 e. The molecule has 1 saturated carbocycles. The lowest BCUT2D eigenvalue weighted by atomic mass is 9.59. The van der Waals surface area contributed by atoms with Gasteiger partial charge in [-0.05, 0) is 136 Å². The molecule has 2 N–H and O–H groups in total. The summed E-state index contributed by atoms with van der Waals surface area (Å²) in [6.45, 7) is 11.2. The summed E-state index contributed by atoms with van der Waals surface area (Å²) in [6, 6.07) is 16.2. The van der Waals surface area contributed by atoms with Crippen LogP contribution >= 0.6 is 11.6 Å². The number of benzene rings is 2. The molecule has 2 heterocycles. The van der Waals surface area contributed by atoms with Gasteiger partial charge in [-0.1, -0.05) is 37.6 Å². The molecule has 9 heteroatoms.